The maximum absolute atomic E-state index is 12.5. The van der Waals surface area contributed by atoms with E-state index in [1.54, 1.807) is 12.1 Å². The van der Waals surface area contributed by atoms with E-state index in [0.29, 0.717) is 14.9 Å². The molecule has 0 aliphatic carbocycles. The fourth-order valence-corrected chi connectivity index (χ4v) is 4.71. The van der Waals surface area contributed by atoms with E-state index in [1.807, 2.05) is 52.9 Å². The number of carbonyl (C=O) groups is 2. The summed E-state index contributed by atoms with van der Waals surface area (Å²) in [7, 11) is 0. The fraction of sp³-hybridized carbons (Fsp3) is 0.111. The summed E-state index contributed by atoms with van der Waals surface area (Å²) < 4.78 is 6.98. The Labute approximate surface area is 176 Å². The van der Waals surface area contributed by atoms with Crippen molar-refractivity contribution in [1.29, 1.82) is 0 Å². The van der Waals surface area contributed by atoms with Crippen molar-refractivity contribution in [1.82, 2.24) is 4.90 Å². The van der Waals surface area contributed by atoms with Gasteiger partial charge < -0.3 is 9.84 Å². The highest BCUT2D eigenvalue weighted by atomic mass is 127. The van der Waals surface area contributed by atoms with E-state index in [-0.39, 0.29) is 35.0 Å². The predicted molar refractivity (Wildman–Crippen MR) is 113 cm³/mol. The Morgan fingerprint density at radius 2 is 1.96 bits per heavy atom. The van der Waals surface area contributed by atoms with Crippen molar-refractivity contribution in [2.45, 2.75) is 0 Å². The topological polar surface area (TPSA) is 66.8 Å². The fourth-order valence-electron chi connectivity index (χ4n) is 2.30. The van der Waals surface area contributed by atoms with Crippen LogP contribution < -0.4 is 4.74 Å². The molecule has 2 aromatic carbocycles. The highest BCUT2D eigenvalue weighted by Gasteiger charge is 2.35. The number of benzene rings is 2. The Morgan fingerprint density at radius 3 is 2.69 bits per heavy atom. The van der Waals surface area contributed by atoms with Crippen LogP contribution in [0.15, 0.2) is 51.8 Å². The number of hydrogen-bond acceptors (Lipinski definition) is 5. The molecule has 2 aromatic rings. The highest BCUT2D eigenvalue weighted by Crippen LogP contribution is 2.36. The van der Waals surface area contributed by atoms with Crippen LogP contribution in [0.4, 0.5) is 4.79 Å². The van der Waals surface area contributed by atoms with E-state index in [0.717, 1.165) is 21.1 Å². The summed E-state index contributed by atoms with van der Waals surface area (Å²) in [6, 6.07) is 12.7. The third-order valence-electron chi connectivity index (χ3n) is 3.54. The first-order chi connectivity index (χ1) is 12.5. The summed E-state index contributed by atoms with van der Waals surface area (Å²) in [5, 5.41) is 9.81. The second kappa shape index (κ2) is 8.45. The zero-order chi connectivity index (χ0) is 18.7. The number of amides is 2. The average Bonchev–Trinajstić information content (AvgIpc) is 2.87. The first kappa shape index (κ1) is 19.2. The van der Waals surface area contributed by atoms with Crippen molar-refractivity contribution in [2.24, 2.45) is 0 Å². The Kier molecular flexibility index (Phi) is 6.25. The van der Waals surface area contributed by atoms with Crippen LogP contribution in [-0.2, 0) is 4.79 Å². The lowest BCUT2D eigenvalue weighted by Gasteiger charge is -2.13. The zero-order valence-electron chi connectivity index (χ0n) is 13.3. The number of phenolic OH excluding ortho intramolecular Hbond substituents is 1. The summed E-state index contributed by atoms with van der Waals surface area (Å²) >= 11 is 6.22. The number of rotatable bonds is 5. The summed E-state index contributed by atoms with van der Waals surface area (Å²) in [6.07, 6.45) is 1.53. The Morgan fingerprint density at radius 1 is 1.23 bits per heavy atom. The van der Waals surface area contributed by atoms with Crippen LogP contribution in [0.1, 0.15) is 5.56 Å². The molecule has 3 rings (SSSR count). The first-order valence-electron chi connectivity index (χ1n) is 7.57. The number of aromatic hydroxyl groups is 1. The molecule has 1 aliphatic rings. The van der Waals surface area contributed by atoms with Gasteiger partial charge in [-0.3, -0.25) is 14.5 Å². The van der Waals surface area contributed by atoms with E-state index in [4.69, 9.17) is 4.74 Å². The minimum absolute atomic E-state index is 0.0769. The van der Waals surface area contributed by atoms with Crippen LogP contribution in [0, 0.1) is 3.57 Å². The molecule has 0 radical (unpaired) electrons. The molecular weight excluding hydrogens is 533 g/mol. The lowest BCUT2D eigenvalue weighted by atomic mass is 10.2. The van der Waals surface area contributed by atoms with Gasteiger partial charge in [0.15, 0.2) is 0 Å². The molecule has 8 heteroatoms. The molecule has 2 amide bonds. The minimum Gasteiger partial charge on any atom is -0.506 e. The lowest BCUT2D eigenvalue weighted by Crippen LogP contribution is -2.32. The minimum atomic E-state index is -0.383. The number of halogens is 2. The quantitative estimate of drug-likeness (QED) is 0.429. The number of nitrogens with zero attached hydrogens (tertiary/aromatic N) is 1. The molecule has 1 heterocycles. The number of phenols is 1. The first-order valence-corrected chi connectivity index (χ1v) is 10.3. The molecule has 5 nitrogen and oxygen atoms in total. The SMILES string of the molecule is O=C1S/C(=C\c2cc(Br)cc(I)c2O)C(=O)N1CCOc1ccccc1. The normalized spacial score (nSPS) is 15.8. The Bertz CT molecular complexity index is 888. The second-order valence-corrected chi connectivity index (χ2v) is 8.39. The van der Waals surface area contributed by atoms with E-state index in [9.17, 15) is 14.7 Å². The summed E-state index contributed by atoms with van der Waals surface area (Å²) in [5.74, 6) is 0.378. The number of ether oxygens (including phenoxy) is 1. The van der Waals surface area contributed by atoms with Crippen LogP contribution in [0.2, 0.25) is 0 Å². The molecule has 0 aromatic heterocycles. The molecule has 134 valence electrons. The summed E-state index contributed by atoms with van der Waals surface area (Å²) in [6.45, 7) is 0.383. The molecule has 26 heavy (non-hydrogen) atoms. The van der Waals surface area contributed by atoms with Gasteiger partial charge in [0.2, 0.25) is 0 Å². The van der Waals surface area contributed by atoms with Crippen LogP contribution in [0.25, 0.3) is 6.08 Å². The van der Waals surface area contributed by atoms with Gasteiger partial charge in [0.1, 0.15) is 18.1 Å². The van der Waals surface area contributed by atoms with Crippen molar-refractivity contribution in [3.8, 4) is 11.5 Å². The molecule has 1 fully saturated rings. The second-order valence-electron chi connectivity index (χ2n) is 5.32. The van der Waals surface area contributed by atoms with Gasteiger partial charge in [-0.15, -0.1) is 0 Å². The van der Waals surface area contributed by atoms with E-state index >= 15 is 0 Å². The maximum atomic E-state index is 12.5. The Hall–Kier alpha value is -1.52. The van der Waals surface area contributed by atoms with Crippen LogP contribution in [-0.4, -0.2) is 34.3 Å². The van der Waals surface area contributed by atoms with Gasteiger partial charge >= 0.3 is 0 Å². The molecule has 0 unspecified atom stereocenters. The van der Waals surface area contributed by atoms with Crippen molar-refractivity contribution in [2.75, 3.05) is 13.2 Å². The molecule has 0 bridgehead atoms. The van der Waals surface area contributed by atoms with Crippen LogP contribution in [0.5, 0.6) is 11.5 Å². The van der Waals surface area contributed by atoms with Gasteiger partial charge in [0.05, 0.1) is 15.0 Å². The van der Waals surface area contributed by atoms with Gasteiger partial charge in [0.25, 0.3) is 11.1 Å². The van der Waals surface area contributed by atoms with Crippen molar-refractivity contribution in [3.63, 3.8) is 0 Å². The molecule has 0 saturated carbocycles. The monoisotopic (exact) mass is 545 g/mol. The van der Waals surface area contributed by atoms with Crippen molar-refractivity contribution < 1.29 is 19.4 Å². The molecule has 0 atom stereocenters. The third-order valence-corrected chi connectivity index (χ3v) is 5.73. The number of hydrogen-bond donors (Lipinski definition) is 1. The maximum Gasteiger partial charge on any atom is 0.293 e. The smallest absolute Gasteiger partial charge is 0.293 e. The van der Waals surface area contributed by atoms with E-state index in [1.165, 1.54) is 6.08 Å². The third kappa shape index (κ3) is 4.41. The van der Waals surface area contributed by atoms with Gasteiger partial charge in [-0.2, -0.15) is 0 Å². The van der Waals surface area contributed by atoms with Crippen molar-refractivity contribution >= 4 is 67.5 Å². The summed E-state index contributed by atoms with van der Waals surface area (Å²) in [5.41, 5.74) is 0.481. The standard InChI is InChI=1S/C18H13BrINO4S/c19-12-8-11(16(22)14(20)10-12)9-15-17(23)21(18(24)26-15)6-7-25-13-4-2-1-3-5-13/h1-5,8-10,22H,6-7H2/b15-9-. The van der Waals surface area contributed by atoms with Gasteiger partial charge in [-0.1, -0.05) is 34.1 Å². The highest BCUT2D eigenvalue weighted by molar-refractivity contribution is 14.1. The lowest BCUT2D eigenvalue weighted by molar-refractivity contribution is -0.123. The zero-order valence-corrected chi connectivity index (χ0v) is 17.9. The number of carbonyl (C=O) groups excluding carboxylic acids is 2. The van der Waals surface area contributed by atoms with Crippen LogP contribution in [0.3, 0.4) is 0 Å². The van der Waals surface area contributed by atoms with Gasteiger partial charge in [-0.05, 0) is 64.7 Å². The van der Waals surface area contributed by atoms with Gasteiger partial charge in [0, 0.05) is 10.0 Å². The number of imide groups is 1. The average molecular weight is 546 g/mol. The van der Waals surface area contributed by atoms with Crippen molar-refractivity contribution in [3.05, 3.63) is 61.0 Å². The number of thioether (sulfide) groups is 1. The molecule has 0 spiro atoms. The van der Waals surface area contributed by atoms with Crippen LogP contribution >= 0.6 is 50.3 Å². The van der Waals surface area contributed by atoms with Gasteiger partial charge in [-0.25, -0.2) is 0 Å². The van der Waals surface area contributed by atoms with E-state index < -0.39 is 0 Å². The largest absolute Gasteiger partial charge is 0.506 e. The Balaban J connectivity index is 1.70. The molecular formula is C18H13BrINO4S. The molecule has 1 N–H and O–H groups in total. The summed E-state index contributed by atoms with van der Waals surface area (Å²) in [4.78, 5) is 26.1. The molecule has 1 saturated heterocycles. The number of para-hydroxylation sites is 1. The molecule has 1 aliphatic heterocycles. The van der Waals surface area contributed by atoms with E-state index in [2.05, 4.69) is 15.9 Å². The predicted octanol–water partition coefficient (Wildman–Crippen LogP) is 4.87.